The van der Waals surface area contributed by atoms with Gasteiger partial charge in [-0.1, -0.05) is 18.2 Å². The van der Waals surface area contributed by atoms with Crippen LogP contribution in [0.1, 0.15) is 23.0 Å². The molecule has 0 atom stereocenters. The van der Waals surface area contributed by atoms with Crippen molar-refractivity contribution in [1.82, 2.24) is 0 Å². The van der Waals surface area contributed by atoms with Crippen LogP contribution in [0.2, 0.25) is 0 Å². The molecular weight excluding hydrogens is 262 g/mol. The molecule has 0 N–H and O–H groups in total. The highest BCUT2D eigenvalue weighted by Crippen LogP contribution is 2.21. The third-order valence-corrected chi connectivity index (χ3v) is 3.41. The quantitative estimate of drug-likeness (QED) is 0.679. The van der Waals surface area contributed by atoms with Crippen LogP contribution < -0.4 is 4.90 Å². The zero-order chi connectivity index (χ0) is 14.7. The second-order valence-corrected chi connectivity index (χ2v) is 5.22. The van der Waals surface area contributed by atoms with Crippen LogP contribution in [0.3, 0.4) is 0 Å². The topological polar surface area (TPSA) is 29.5 Å². The summed E-state index contributed by atoms with van der Waals surface area (Å²) >= 11 is 0. The summed E-state index contributed by atoms with van der Waals surface area (Å²) in [5.41, 5.74) is 1.15. The highest BCUT2D eigenvalue weighted by atomic mass is 16.3. The van der Waals surface area contributed by atoms with Crippen molar-refractivity contribution in [2.45, 2.75) is 26.9 Å². The third-order valence-electron chi connectivity index (χ3n) is 3.41. The van der Waals surface area contributed by atoms with Crippen LogP contribution in [0.5, 0.6) is 0 Å². The largest absolute Gasteiger partial charge is 0.464 e. The molecule has 108 valence electrons. The minimum absolute atomic E-state index is 0.720. The molecule has 21 heavy (non-hydrogen) atoms. The second-order valence-electron chi connectivity index (χ2n) is 5.22. The predicted octanol–water partition coefficient (Wildman–Crippen LogP) is 4.70. The summed E-state index contributed by atoms with van der Waals surface area (Å²) in [7, 11) is 0. The van der Waals surface area contributed by atoms with Crippen LogP contribution in [0.15, 0.2) is 63.4 Å². The molecule has 0 aliphatic rings. The van der Waals surface area contributed by atoms with Gasteiger partial charge in [-0.3, -0.25) is 0 Å². The van der Waals surface area contributed by atoms with Gasteiger partial charge in [0.1, 0.15) is 23.0 Å². The monoisotopic (exact) mass is 281 g/mol. The van der Waals surface area contributed by atoms with Crippen molar-refractivity contribution in [3.05, 3.63) is 77.6 Å². The van der Waals surface area contributed by atoms with Crippen LogP contribution in [0.4, 0.5) is 5.69 Å². The maximum Gasteiger partial charge on any atom is 0.123 e. The average molecular weight is 281 g/mol. The van der Waals surface area contributed by atoms with Crippen molar-refractivity contribution >= 4 is 5.69 Å². The Morgan fingerprint density at radius 3 is 1.67 bits per heavy atom. The number of hydrogen-bond donors (Lipinski definition) is 0. The fourth-order valence-electron chi connectivity index (χ4n) is 2.39. The summed E-state index contributed by atoms with van der Waals surface area (Å²) in [5.74, 6) is 3.79. The van der Waals surface area contributed by atoms with E-state index in [2.05, 4.69) is 17.0 Å². The molecule has 3 heteroatoms. The molecule has 2 heterocycles. The van der Waals surface area contributed by atoms with Crippen molar-refractivity contribution in [2.75, 3.05) is 4.90 Å². The average Bonchev–Trinajstić information content (AvgIpc) is 3.08. The summed E-state index contributed by atoms with van der Waals surface area (Å²) in [6.45, 7) is 5.37. The first kappa shape index (κ1) is 13.6. The fraction of sp³-hybridized carbons (Fsp3) is 0.222. The number of furan rings is 2. The van der Waals surface area contributed by atoms with Crippen molar-refractivity contribution < 1.29 is 8.83 Å². The Labute approximate surface area is 124 Å². The SMILES string of the molecule is Cc1ccc(CN(Cc2ccc(C)o2)c2ccccc2)o1. The number of rotatable bonds is 5. The van der Waals surface area contributed by atoms with E-state index in [9.17, 15) is 0 Å². The molecule has 2 aromatic heterocycles. The predicted molar refractivity (Wildman–Crippen MR) is 83.2 cm³/mol. The molecule has 0 saturated heterocycles. The van der Waals surface area contributed by atoms with Crippen molar-refractivity contribution in [3.63, 3.8) is 0 Å². The number of anilines is 1. The van der Waals surface area contributed by atoms with Gasteiger partial charge in [0.25, 0.3) is 0 Å². The van der Waals surface area contributed by atoms with Crippen LogP contribution in [0, 0.1) is 13.8 Å². The second kappa shape index (κ2) is 5.92. The van der Waals surface area contributed by atoms with E-state index in [4.69, 9.17) is 8.83 Å². The van der Waals surface area contributed by atoms with Crippen LogP contribution in [-0.4, -0.2) is 0 Å². The number of para-hydroxylation sites is 1. The highest BCUT2D eigenvalue weighted by Gasteiger charge is 2.12. The Hall–Kier alpha value is -2.42. The van der Waals surface area contributed by atoms with Gasteiger partial charge in [0.2, 0.25) is 0 Å². The maximum atomic E-state index is 5.71. The number of hydrogen-bond acceptors (Lipinski definition) is 3. The molecule has 3 rings (SSSR count). The van der Waals surface area contributed by atoms with Crippen molar-refractivity contribution in [1.29, 1.82) is 0 Å². The molecular formula is C18H19NO2. The maximum absolute atomic E-state index is 5.71. The third kappa shape index (κ3) is 3.37. The Morgan fingerprint density at radius 1 is 0.714 bits per heavy atom. The zero-order valence-electron chi connectivity index (χ0n) is 12.4. The molecule has 0 fully saturated rings. The van der Waals surface area contributed by atoms with E-state index >= 15 is 0 Å². The Kier molecular flexibility index (Phi) is 3.82. The normalized spacial score (nSPS) is 10.8. The summed E-state index contributed by atoms with van der Waals surface area (Å²) in [5, 5.41) is 0. The van der Waals surface area contributed by atoms with Crippen molar-refractivity contribution in [3.8, 4) is 0 Å². The first-order valence-electron chi connectivity index (χ1n) is 7.11. The first-order chi connectivity index (χ1) is 10.2. The molecule has 1 aromatic carbocycles. The van der Waals surface area contributed by atoms with Gasteiger partial charge in [0.15, 0.2) is 0 Å². The van der Waals surface area contributed by atoms with E-state index in [1.807, 2.05) is 56.3 Å². The van der Waals surface area contributed by atoms with Gasteiger partial charge in [-0.15, -0.1) is 0 Å². The smallest absolute Gasteiger partial charge is 0.123 e. The van der Waals surface area contributed by atoms with E-state index in [0.29, 0.717) is 0 Å². The molecule has 0 amide bonds. The summed E-state index contributed by atoms with van der Waals surface area (Å²) in [4.78, 5) is 2.25. The van der Waals surface area contributed by atoms with Crippen molar-refractivity contribution in [2.24, 2.45) is 0 Å². The molecule has 0 spiro atoms. The molecule has 0 saturated carbocycles. The lowest BCUT2D eigenvalue weighted by molar-refractivity contribution is 0.455. The molecule has 3 aromatic rings. The van der Waals surface area contributed by atoms with E-state index in [0.717, 1.165) is 41.8 Å². The molecule has 0 aliphatic carbocycles. The van der Waals surface area contributed by atoms with E-state index in [1.165, 1.54) is 0 Å². The van der Waals surface area contributed by atoms with Crippen LogP contribution >= 0.6 is 0 Å². The first-order valence-corrected chi connectivity index (χ1v) is 7.11. The zero-order valence-corrected chi connectivity index (χ0v) is 12.4. The standard InChI is InChI=1S/C18H19NO2/c1-14-8-10-17(20-14)12-19(16-6-4-3-5-7-16)13-18-11-9-15(2)21-18/h3-11H,12-13H2,1-2H3. The van der Waals surface area contributed by atoms with Crippen LogP contribution in [0.25, 0.3) is 0 Å². The molecule has 3 nitrogen and oxygen atoms in total. The van der Waals surface area contributed by atoms with E-state index < -0.39 is 0 Å². The minimum atomic E-state index is 0.720. The fourth-order valence-corrected chi connectivity index (χ4v) is 2.39. The Bertz CT molecular complexity index is 655. The summed E-state index contributed by atoms with van der Waals surface area (Å²) < 4.78 is 11.4. The number of nitrogens with zero attached hydrogens (tertiary/aromatic N) is 1. The minimum Gasteiger partial charge on any atom is -0.464 e. The van der Waals surface area contributed by atoms with Gasteiger partial charge < -0.3 is 13.7 Å². The Morgan fingerprint density at radius 2 is 1.24 bits per heavy atom. The van der Waals surface area contributed by atoms with Gasteiger partial charge in [0, 0.05) is 5.69 Å². The molecule has 0 unspecified atom stereocenters. The molecule has 0 aliphatic heterocycles. The number of aryl methyl sites for hydroxylation is 2. The molecule has 0 bridgehead atoms. The lowest BCUT2D eigenvalue weighted by Crippen LogP contribution is -2.21. The lowest BCUT2D eigenvalue weighted by Gasteiger charge is -2.22. The summed E-state index contributed by atoms with van der Waals surface area (Å²) in [6.07, 6.45) is 0. The molecule has 0 radical (unpaired) electrons. The van der Waals surface area contributed by atoms with Gasteiger partial charge >= 0.3 is 0 Å². The lowest BCUT2D eigenvalue weighted by atomic mass is 10.2. The van der Waals surface area contributed by atoms with E-state index in [-0.39, 0.29) is 0 Å². The number of benzene rings is 1. The summed E-state index contributed by atoms with van der Waals surface area (Å²) in [6, 6.07) is 18.4. The van der Waals surface area contributed by atoms with Crippen LogP contribution in [-0.2, 0) is 13.1 Å². The van der Waals surface area contributed by atoms with Gasteiger partial charge in [-0.05, 0) is 50.2 Å². The van der Waals surface area contributed by atoms with Gasteiger partial charge in [-0.25, -0.2) is 0 Å². The Balaban J connectivity index is 1.83. The van der Waals surface area contributed by atoms with Gasteiger partial charge in [-0.2, -0.15) is 0 Å². The highest BCUT2D eigenvalue weighted by molar-refractivity contribution is 5.46. The van der Waals surface area contributed by atoms with E-state index in [1.54, 1.807) is 0 Å². The van der Waals surface area contributed by atoms with Gasteiger partial charge in [0.05, 0.1) is 13.1 Å².